The molecule has 3 aromatic rings. The molecule has 0 atom stereocenters. The van der Waals surface area contributed by atoms with Crippen LogP contribution in [0.2, 0.25) is 0 Å². The van der Waals surface area contributed by atoms with Crippen LogP contribution >= 0.6 is 15.9 Å². The first-order valence-corrected chi connectivity index (χ1v) is 8.89. The van der Waals surface area contributed by atoms with Gasteiger partial charge in [-0.2, -0.15) is 4.98 Å². The van der Waals surface area contributed by atoms with E-state index < -0.39 is 0 Å². The van der Waals surface area contributed by atoms with E-state index in [1.54, 1.807) is 49.3 Å². The van der Waals surface area contributed by atoms with E-state index in [0.29, 0.717) is 28.7 Å². The fourth-order valence-electron chi connectivity index (χ4n) is 2.33. The van der Waals surface area contributed by atoms with E-state index in [1.165, 1.54) is 6.07 Å². The fraction of sp³-hybridized carbons (Fsp3) is 0.222. The van der Waals surface area contributed by atoms with E-state index in [0.717, 1.165) is 4.47 Å². The largest absolute Gasteiger partial charge is 0.338 e. The van der Waals surface area contributed by atoms with E-state index in [2.05, 4.69) is 36.4 Å². The topological polar surface area (TPSA) is 84.2 Å². The molecule has 1 N–H and O–H groups in total. The van der Waals surface area contributed by atoms with Crippen LogP contribution in [0, 0.1) is 12.7 Å². The van der Waals surface area contributed by atoms with Crippen LogP contribution in [0.25, 0.3) is 11.4 Å². The molecular weight excluding hydrogens is 417 g/mol. The summed E-state index contributed by atoms with van der Waals surface area (Å²) in [5.74, 6) is 0.573. The molecule has 0 radical (unpaired) electrons. The monoisotopic (exact) mass is 433 g/mol. The second-order valence-corrected chi connectivity index (χ2v) is 6.97. The van der Waals surface area contributed by atoms with Crippen molar-refractivity contribution in [1.29, 1.82) is 0 Å². The summed E-state index contributed by atoms with van der Waals surface area (Å²) in [5.41, 5.74) is 1.09. The highest BCUT2D eigenvalue weighted by Gasteiger charge is 2.14. The maximum absolute atomic E-state index is 13.7. The third-order valence-corrected chi connectivity index (χ3v) is 4.18. The summed E-state index contributed by atoms with van der Waals surface area (Å²) in [6.45, 7) is 2.09. The van der Waals surface area contributed by atoms with Gasteiger partial charge in [-0.25, -0.2) is 9.37 Å². The maximum Gasteiger partial charge on any atom is 0.241 e. The number of nitrogens with one attached hydrogen (secondary N) is 1. The summed E-state index contributed by atoms with van der Waals surface area (Å²) in [6.07, 6.45) is 1.60. The number of hydrogen-bond donors (Lipinski definition) is 1. The van der Waals surface area contributed by atoms with Gasteiger partial charge in [0, 0.05) is 16.2 Å². The van der Waals surface area contributed by atoms with Crippen LogP contribution in [0.15, 0.2) is 45.5 Å². The number of likely N-dealkylation sites (N-methyl/N-ethyl adjacent to an activating group) is 1. The van der Waals surface area contributed by atoms with Gasteiger partial charge in [0.1, 0.15) is 11.6 Å². The molecule has 2 heterocycles. The van der Waals surface area contributed by atoms with Gasteiger partial charge in [-0.1, -0.05) is 17.3 Å². The van der Waals surface area contributed by atoms with Gasteiger partial charge in [0.05, 0.1) is 13.1 Å². The van der Waals surface area contributed by atoms with Crippen molar-refractivity contribution < 1.29 is 13.7 Å². The minimum atomic E-state index is -0.325. The van der Waals surface area contributed by atoms with Crippen molar-refractivity contribution in [3.8, 4) is 11.4 Å². The Bertz CT molecular complexity index is 945. The number of amides is 1. The Morgan fingerprint density at radius 3 is 2.85 bits per heavy atom. The highest BCUT2D eigenvalue weighted by atomic mass is 79.9. The molecule has 3 rings (SSSR count). The molecule has 0 bridgehead atoms. The number of aryl methyl sites for hydroxylation is 1. The molecule has 0 fully saturated rings. The van der Waals surface area contributed by atoms with E-state index in [4.69, 9.17) is 4.52 Å². The maximum atomic E-state index is 13.7. The number of pyridine rings is 1. The Labute approximate surface area is 163 Å². The Hall–Kier alpha value is -2.65. The van der Waals surface area contributed by atoms with Crippen molar-refractivity contribution in [3.05, 3.63) is 58.3 Å². The van der Waals surface area contributed by atoms with Crippen molar-refractivity contribution in [3.63, 3.8) is 0 Å². The number of hydrogen-bond acceptors (Lipinski definition) is 6. The molecule has 0 saturated carbocycles. The van der Waals surface area contributed by atoms with Crippen molar-refractivity contribution >= 4 is 27.7 Å². The molecule has 140 valence electrons. The highest BCUT2D eigenvalue weighted by Crippen LogP contribution is 2.19. The molecule has 0 aliphatic rings. The van der Waals surface area contributed by atoms with Crippen LogP contribution in [0.4, 0.5) is 10.2 Å². The molecule has 1 amide bonds. The number of halogens is 2. The summed E-state index contributed by atoms with van der Waals surface area (Å²) >= 11 is 3.29. The number of carbonyl (C=O) groups is 1. The van der Waals surface area contributed by atoms with Gasteiger partial charge in [0.2, 0.25) is 17.6 Å². The predicted molar refractivity (Wildman–Crippen MR) is 101 cm³/mol. The molecule has 0 spiro atoms. The summed E-state index contributed by atoms with van der Waals surface area (Å²) in [6, 6.07) is 8.25. The first kappa shape index (κ1) is 19.1. The lowest BCUT2D eigenvalue weighted by atomic mass is 10.1. The second-order valence-electron chi connectivity index (χ2n) is 6.06. The quantitative estimate of drug-likeness (QED) is 0.640. The van der Waals surface area contributed by atoms with Crippen LogP contribution < -0.4 is 5.32 Å². The van der Waals surface area contributed by atoms with Crippen LogP contribution in [0.1, 0.15) is 11.5 Å². The summed E-state index contributed by atoms with van der Waals surface area (Å²) in [7, 11) is 1.75. The Kier molecular flexibility index (Phi) is 5.92. The first-order valence-electron chi connectivity index (χ1n) is 8.10. The molecule has 27 heavy (non-hydrogen) atoms. The minimum Gasteiger partial charge on any atom is -0.338 e. The van der Waals surface area contributed by atoms with Gasteiger partial charge in [-0.15, -0.1) is 0 Å². The lowest BCUT2D eigenvalue weighted by Crippen LogP contribution is -2.30. The lowest BCUT2D eigenvalue weighted by Gasteiger charge is -2.13. The van der Waals surface area contributed by atoms with E-state index >= 15 is 0 Å². The summed E-state index contributed by atoms with van der Waals surface area (Å²) < 4.78 is 19.7. The molecule has 7 nitrogen and oxygen atoms in total. The smallest absolute Gasteiger partial charge is 0.241 e. The Morgan fingerprint density at radius 2 is 2.15 bits per heavy atom. The normalized spacial score (nSPS) is 11.0. The Balaban J connectivity index is 1.57. The van der Waals surface area contributed by atoms with Crippen molar-refractivity contribution in [2.75, 3.05) is 18.9 Å². The van der Waals surface area contributed by atoms with Gasteiger partial charge in [-0.05, 0) is 53.7 Å². The number of carbonyl (C=O) groups excluding carboxylic acids is 1. The molecule has 9 heteroatoms. The third kappa shape index (κ3) is 5.18. The van der Waals surface area contributed by atoms with Gasteiger partial charge in [-0.3, -0.25) is 9.69 Å². The molecule has 0 aliphatic heterocycles. The Morgan fingerprint density at radius 1 is 1.33 bits per heavy atom. The van der Waals surface area contributed by atoms with Crippen molar-refractivity contribution in [2.45, 2.75) is 13.5 Å². The molecule has 0 unspecified atom stereocenters. The van der Waals surface area contributed by atoms with E-state index in [9.17, 15) is 9.18 Å². The van der Waals surface area contributed by atoms with Gasteiger partial charge < -0.3 is 9.84 Å². The zero-order valence-electron chi connectivity index (χ0n) is 14.7. The lowest BCUT2D eigenvalue weighted by molar-refractivity contribution is -0.117. The average molecular weight is 434 g/mol. The summed E-state index contributed by atoms with van der Waals surface area (Å²) in [5, 5.41) is 6.58. The van der Waals surface area contributed by atoms with Crippen LogP contribution in [-0.4, -0.2) is 39.5 Å². The SMILES string of the molecule is Cc1ccc(-c2noc(CN(C)CC(=O)Nc3ccc(Br)cn3)n2)cc1F. The van der Waals surface area contributed by atoms with Crippen LogP contribution in [0.5, 0.6) is 0 Å². The molecule has 0 aliphatic carbocycles. The standard InChI is InChI=1S/C18H17BrFN5O2/c1-11-3-4-12(7-14(11)20)18-23-17(27-24-18)10-25(2)9-16(26)22-15-6-5-13(19)8-21-15/h3-8H,9-10H2,1-2H3,(H,21,22,26). The number of rotatable bonds is 6. The van der Waals surface area contributed by atoms with E-state index in [-0.39, 0.29) is 24.8 Å². The van der Waals surface area contributed by atoms with E-state index in [1.807, 2.05) is 0 Å². The zero-order valence-corrected chi connectivity index (χ0v) is 16.3. The molecule has 1 aromatic carbocycles. The summed E-state index contributed by atoms with van der Waals surface area (Å²) in [4.78, 5) is 22.2. The van der Waals surface area contributed by atoms with Gasteiger partial charge in [0.25, 0.3) is 0 Å². The minimum absolute atomic E-state index is 0.120. The van der Waals surface area contributed by atoms with Crippen LogP contribution in [0.3, 0.4) is 0 Å². The van der Waals surface area contributed by atoms with Crippen molar-refractivity contribution in [1.82, 2.24) is 20.0 Å². The second kappa shape index (κ2) is 8.36. The average Bonchev–Trinajstić information content (AvgIpc) is 3.07. The first-order chi connectivity index (χ1) is 12.9. The third-order valence-electron chi connectivity index (χ3n) is 3.71. The zero-order chi connectivity index (χ0) is 19.4. The number of nitrogens with zero attached hydrogens (tertiary/aromatic N) is 4. The molecule has 0 saturated heterocycles. The van der Waals surface area contributed by atoms with Crippen LogP contribution in [-0.2, 0) is 11.3 Å². The van der Waals surface area contributed by atoms with Crippen molar-refractivity contribution in [2.24, 2.45) is 0 Å². The highest BCUT2D eigenvalue weighted by molar-refractivity contribution is 9.10. The number of aromatic nitrogens is 3. The number of benzene rings is 1. The molecular formula is C18H17BrFN5O2. The fourth-order valence-corrected chi connectivity index (χ4v) is 2.57. The number of anilines is 1. The molecule has 2 aromatic heterocycles. The van der Waals surface area contributed by atoms with Gasteiger partial charge >= 0.3 is 0 Å². The predicted octanol–water partition coefficient (Wildman–Crippen LogP) is 3.41. The van der Waals surface area contributed by atoms with Gasteiger partial charge in [0.15, 0.2) is 0 Å².